The molecule has 0 spiro atoms. The Bertz CT molecular complexity index is 824. The van der Waals surface area contributed by atoms with Crippen molar-refractivity contribution in [1.82, 2.24) is 4.90 Å². The Morgan fingerprint density at radius 3 is 2.07 bits per heavy atom. The van der Waals surface area contributed by atoms with Crippen LogP contribution in [-0.4, -0.2) is 75.0 Å². The first-order valence-corrected chi connectivity index (χ1v) is 9.83. The third kappa shape index (κ3) is 5.01. The van der Waals surface area contributed by atoms with Crippen molar-refractivity contribution in [1.29, 1.82) is 0 Å². The zero-order chi connectivity index (χ0) is 21.7. The number of para-hydroxylation sites is 2. The summed E-state index contributed by atoms with van der Waals surface area (Å²) in [6.45, 7) is 4.94. The van der Waals surface area contributed by atoms with Crippen molar-refractivity contribution in [2.45, 2.75) is 12.7 Å². The standard InChI is InChI=1S/C22H30N2O6/c1-22(26,30-16-13-19(27-2)21(29-4)20(14-16)28-3)15-23-9-11-24(12-10-23)17-7-5-6-8-18(17)25/h5-8,13-14,25-26H,9-12,15H2,1-4H3. The topological polar surface area (TPSA) is 83.9 Å². The first-order valence-electron chi connectivity index (χ1n) is 9.83. The number of methoxy groups -OCH3 is 3. The van der Waals surface area contributed by atoms with Crippen LogP contribution in [0.2, 0.25) is 0 Å². The van der Waals surface area contributed by atoms with Crippen molar-refractivity contribution >= 4 is 5.69 Å². The summed E-state index contributed by atoms with van der Waals surface area (Å²) in [5, 5.41) is 20.9. The van der Waals surface area contributed by atoms with Crippen molar-refractivity contribution in [3.05, 3.63) is 36.4 Å². The van der Waals surface area contributed by atoms with Gasteiger partial charge in [0.25, 0.3) is 0 Å². The van der Waals surface area contributed by atoms with Gasteiger partial charge in [-0.05, 0) is 12.1 Å². The van der Waals surface area contributed by atoms with Crippen molar-refractivity contribution in [3.8, 4) is 28.7 Å². The third-order valence-electron chi connectivity index (χ3n) is 5.09. The van der Waals surface area contributed by atoms with E-state index in [1.54, 1.807) is 25.1 Å². The third-order valence-corrected chi connectivity index (χ3v) is 5.09. The van der Waals surface area contributed by atoms with E-state index in [0.717, 1.165) is 31.9 Å². The normalized spacial score (nSPS) is 16.6. The lowest BCUT2D eigenvalue weighted by Crippen LogP contribution is -2.53. The molecule has 164 valence electrons. The van der Waals surface area contributed by atoms with Crippen LogP contribution in [0.5, 0.6) is 28.7 Å². The quantitative estimate of drug-likeness (QED) is 0.632. The fraction of sp³-hybridized carbons (Fsp3) is 0.455. The molecule has 8 nitrogen and oxygen atoms in total. The zero-order valence-electron chi connectivity index (χ0n) is 17.9. The predicted octanol–water partition coefficient (Wildman–Crippen LogP) is 2.33. The Balaban J connectivity index is 1.63. The monoisotopic (exact) mass is 418 g/mol. The molecule has 1 saturated heterocycles. The summed E-state index contributed by atoms with van der Waals surface area (Å²) in [5.41, 5.74) is 0.831. The number of phenols is 1. The number of aliphatic hydroxyl groups is 1. The first-order chi connectivity index (χ1) is 14.4. The number of aromatic hydroxyl groups is 1. The highest BCUT2D eigenvalue weighted by Crippen LogP contribution is 2.41. The molecule has 1 fully saturated rings. The van der Waals surface area contributed by atoms with Gasteiger partial charge in [-0.25, -0.2) is 0 Å². The van der Waals surface area contributed by atoms with Gasteiger partial charge in [0.1, 0.15) is 11.5 Å². The van der Waals surface area contributed by atoms with Crippen LogP contribution in [0.1, 0.15) is 6.92 Å². The highest BCUT2D eigenvalue weighted by Gasteiger charge is 2.30. The summed E-state index contributed by atoms with van der Waals surface area (Å²) >= 11 is 0. The number of hydrogen-bond donors (Lipinski definition) is 2. The molecule has 2 N–H and O–H groups in total. The Morgan fingerprint density at radius 1 is 0.933 bits per heavy atom. The molecule has 1 heterocycles. The summed E-state index contributed by atoms with van der Waals surface area (Å²) in [7, 11) is 4.60. The van der Waals surface area contributed by atoms with Crippen LogP contribution in [0, 0.1) is 0 Å². The van der Waals surface area contributed by atoms with Crippen molar-refractivity contribution in [2.24, 2.45) is 0 Å². The van der Waals surface area contributed by atoms with Crippen LogP contribution in [0.15, 0.2) is 36.4 Å². The minimum Gasteiger partial charge on any atom is -0.506 e. The second kappa shape index (κ2) is 9.32. The number of phenolic OH excluding ortho intramolecular Hbond substituents is 1. The maximum atomic E-state index is 10.9. The van der Waals surface area contributed by atoms with E-state index in [9.17, 15) is 10.2 Å². The summed E-state index contributed by atoms with van der Waals surface area (Å²) in [6.07, 6.45) is 0. The Kier molecular flexibility index (Phi) is 6.79. The Labute approximate surface area is 177 Å². The number of nitrogens with zero attached hydrogens (tertiary/aromatic N) is 2. The molecule has 1 atom stereocenters. The van der Waals surface area contributed by atoms with Crippen molar-refractivity contribution in [3.63, 3.8) is 0 Å². The van der Waals surface area contributed by atoms with Gasteiger partial charge in [0, 0.05) is 45.2 Å². The number of piperazine rings is 1. The first kappa shape index (κ1) is 21.9. The summed E-state index contributed by atoms with van der Waals surface area (Å²) in [4.78, 5) is 4.27. The molecule has 1 aliphatic heterocycles. The van der Waals surface area contributed by atoms with Crippen LogP contribution in [0.25, 0.3) is 0 Å². The van der Waals surface area contributed by atoms with E-state index in [2.05, 4.69) is 9.80 Å². The van der Waals surface area contributed by atoms with Gasteiger partial charge in [0.2, 0.25) is 11.5 Å². The van der Waals surface area contributed by atoms with Gasteiger partial charge < -0.3 is 34.1 Å². The minimum absolute atomic E-state index is 0.281. The number of hydrogen-bond acceptors (Lipinski definition) is 8. The number of β-amino-alcohol motifs (C(OH)–C–C–N with tert-alkyl or cyclic N) is 1. The van der Waals surface area contributed by atoms with E-state index >= 15 is 0 Å². The van der Waals surface area contributed by atoms with Crippen molar-refractivity contribution in [2.75, 3.05) is 59.0 Å². The van der Waals surface area contributed by atoms with Crippen LogP contribution in [-0.2, 0) is 0 Å². The van der Waals surface area contributed by atoms with E-state index in [4.69, 9.17) is 18.9 Å². The molecule has 30 heavy (non-hydrogen) atoms. The molecule has 3 rings (SSSR count). The maximum Gasteiger partial charge on any atom is 0.218 e. The Morgan fingerprint density at radius 2 is 1.53 bits per heavy atom. The average Bonchev–Trinajstić information content (AvgIpc) is 2.73. The van der Waals surface area contributed by atoms with Gasteiger partial charge in [-0.15, -0.1) is 0 Å². The molecule has 0 aromatic heterocycles. The molecule has 0 amide bonds. The summed E-state index contributed by atoms with van der Waals surface area (Å²) < 4.78 is 21.9. The zero-order valence-corrected chi connectivity index (χ0v) is 17.9. The van der Waals surface area contributed by atoms with E-state index in [1.807, 2.05) is 18.2 Å². The number of ether oxygens (including phenoxy) is 4. The van der Waals surface area contributed by atoms with E-state index in [-0.39, 0.29) is 5.75 Å². The second-order valence-corrected chi connectivity index (χ2v) is 7.39. The smallest absolute Gasteiger partial charge is 0.218 e. The van der Waals surface area contributed by atoms with Gasteiger partial charge in [-0.2, -0.15) is 0 Å². The molecule has 1 unspecified atom stereocenters. The molecular formula is C22H30N2O6. The highest BCUT2D eigenvalue weighted by atomic mass is 16.6. The Hall–Kier alpha value is -2.84. The molecule has 0 radical (unpaired) electrons. The molecule has 0 saturated carbocycles. The lowest BCUT2D eigenvalue weighted by atomic mass is 10.2. The average molecular weight is 418 g/mol. The summed E-state index contributed by atoms with van der Waals surface area (Å²) in [6, 6.07) is 10.6. The highest BCUT2D eigenvalue weighted by molar-refractivity contribution is 5.58. The van der Waals surface area contributed by atoms with E-state index in [1.165, 1.54) is 21.3 Å². The molecule has 1 aliphatic rings. The fourth-order valence-corrected chi connectivity index (χ4v) is 3.70. The molecule has 2 aromatic rings. The number of rotatable bonds is 8. The van der Waals surface area contributed by atoms with Gasteiger partial charge in [-0.3, -0.25) is 4.90 Å². The van der Waals surface area contributed by atoms with Crippen molar-refractivity contribution < 1.29 is 29.2 Å². The van der Waals surface area contributed by atoms with Crippen LogP contribution in [0.4, 0.5) is 5.69 Å². The van der Waals surface area contributed by atoms with Gasteiger partial charge in [0.05, 0.1) is 33.6 Å². The molecular weight excluding hydrogens is 388 g/mol. The lowest BCUT2D eigenvalue weighted by molar-refractivity contribution is -0.138. The number of benzene rings is 2. The van der Waals surface area contributed by atoms with Crippen LogP contribution in [0.3, 0.4) is 0 Å². The van der Waals surface area contributed by atoms with Crippen LogP contribution >= 0.6 is 0 Å². The van der Waals surface area contributed by atoms with Gasteiger partial charge in [0.15, 0.2) is 11.5 Å². The minimum atomic E-state index is -1.42. The predicted molar refractivity (Wildman–Crippen MR) is 114 cm³/mol. The van der Waals surface area contributed by atoms with E-state index < -0.39 is 5.79 Å². The second-order valence-electron chi connectivity index (χ2n) is 7.39. The van der Waals surface area contributed by atoms with Gasteiger partial charge >= 0.3 is 0 Å². The SMILES string of the molecule is COc1cc(OC(C)(O)CN2CCN(c3ccccc3O)CC2)cc(OC)c1OC. The molecule has 0 bridgehead atoms. The largest absolute Gasteiger partial charge is 0.506 e. The maximum absolute atomic E-state index is 10.9. The number of anilines is 1. The lowest BCUT2D eigenvalue weighted by Gasteiger charge is -2.39. The van der Waals surface area contributed by atoms with Gasteiger partial charge in [-0.1, -0.05) is 12.1 Å². The molecule has 0 aliphatic carbocycles. The molecule has 2 aromatic carbocycles. The molecule has 8 heteroatoms. The van der Waals surface area contributed by atoms with E-state index in [0.29, 0.717) is 29.5 Å². The fourth-order valence-electron chi connectivity index (χ4n) is 3.70. The summed E-state index contributed by atoms with van der Waals surface area (Å²) in [5.74, 6) is 0.665. The van der Waals surface area contributed by atoms with Crippen LogP contribution < -0.4 is 23.8 Å².